The van der Waals surface area contributed by atoms with E-state index in [1.165, 1.54) is 39.0 Å². The van der Waals surface area contributed by atoms with Gasteiger partial charge in [-0.15, -0.1) is 6.42 Å². The van der Waals surface area contributed by atoms with Crippen molar-refractivity contribution < 1.29 is 14.6 Å². The van der Waals surface area contributed by atoms with Gasteiger partial charge in [0.25, 0.3) is 0 Å². The van der Waals surface area contributed by atoms with Gasteiger partial charge in [-0.25, -0.2) is 0 Å². The Morgan fingerprint density at radius 2 is 1.85 bits per heavy atom. The molecule has 150 valence electrons. The Balaban J connectivity index is 1.57. The zero-order chi connectivity index (χ0) is 19.4. The average Bonchev–Trinajstić information content (AvgIpc) is 2.62. The van der Waals surface area contributed by atoms with Crippen molar-refractivity contribution in [2.45, 2.75) is 96.7 Å². The fourth-order valence-electron chi connectivity index (χ4n) is 8.03. The minimum Gasteiger partial charge on any atom is -0.463 e. The number of hydrogen-bond acceptors (Lipinski definition) is 3. The van der Waals surface area contributed by atoms with Gasteiger partial charge in [0.05, 0.1) is 0 Å². The minimum atomic E-state index is -0.925. The molecule has 3 heteroatoms. The van der Waals surface area contributed by atoms with Crippen LogP contribution in [0.15, 0.2) is 0 Å². The van der Waals surface area contributed by atoms with Gasteiger partial charge in [-0.3, -0.25) is 4.79 Å². The molecule has 0 aromatic carbocycles. The van der Waals surface area contributed by atoms with Gasteiger partial charge in [-0.05, 0) is 93.3 Å². The zero-order valence-corrected chi connectivity index (χ0v) is 17.3. The highest BCUT2D eigenvalue weighted by Gasteiger charge is 2.62. The third-order valence-electron chi connectivity index (χ3n) is 9.58. The fraction of sp³-hybridized carbons (Fsp3) is 0.875. The van der Waals surface area contributed by atoms with Crippen molar-refractivity contribution in [2.75, 3.05) is 0 Å². The SMILES string of the molecule is C#CC1(O)CCCC2[C@@H]3CC[C@H]4C[C@H](OC(C)=O)CC[C@]4(C)[C@H]3CC[C@@]21C. The van der Waals surface area contributed by atoms with E-state index in [9.17, 15) is 9.90 Å². The van der Waals surface area contributed by atoms with Gasteiger partial charge in [0.2, 0.25) is 0 Å². The van der Waals surface area contributed by atoms with Crippen molar-refractivity contribution in [1.82, 2.24) is 0 Å². The molecule has 3 nitrogen and oxygen atoms in total. The first-order chi connectivity index (χ1) is 12.7. The molecule has 4 fully saturated rings. The number of esters is 1. The summed E-state index contributed by atoms with van der Waals surface area (Å²) in [6, 6.07) is 0. The van der Waals surface area contributed by atoms with Gasteiger partial charge in [0, 0.05) is 12.3 Å². The van der Waals surface area contributed by atoms with Gasteiger partial charge in [-0.2, -0.15) is 0 Å². The number of hydrogen-bond donors (Lipinski definition) is 1. The molecule has 4 saturated carbocycles. The lowest BCUT2D eigenvalue weighted by Crippen LogP contribution is -2.61. The van der Waals surface area contributed by atoms with Crippen molar-refractivity contribution in [2.24, 2.45) is 34.5 Å². The van der Waals surface area contributed by atoms with E-state index in [1.807, 2.05) is 0 Å². The second-order valence-electron chi connectivity index (χ2n) is 10.5. The molecule has 4 rings (SSSR count). The molecule has 0 saturated heterocycles. The van der Waals surface area contributed by atoms with Crippen LogP contribution in [0.3, 0.4) is 0 Å². The predicted molar refractivity (Wildman–Crippen MR) is 106 cm³/mol. The molecule has 0 spiro atoms. The Morgan fingerprint density at radius 3 is 2.56 bits per heavy atom. The van der Waals surface area contributed by atoms with Crippen LogP contribution in [-0.4, -0.2) is 22.8 Å². The quantitative estimate of drug-likeness (QED) is 0.535. The molecule has 0 aromatic heterocycles. The maximum atomic E-state index is 11.4. The molecular weight excluding hydrogens is 336 g/mol. The van der Waals surface area contributed by atoms with Crippen molar-refractivity contribution in [3.8, 4) is 12.3 Å². The van der Waals surface area contributed by atoms with Crippen LogP contribution in [0.4, 0.5) is 0 Å². The molecule has 1 N–H and O–H groups in total. The summed E-state index contributed by atoms with van der Waals surface area (Å²) in [5.74, 6) is 5.31. The predicted octanol–water partition coefficient (Wildman–Crippen LogP) is 4.72. The van der Waals surface area contributed by atoms with Crippen LogP contribution in [0, 0.1) is 46.8 Å². The summed E-state index contributed by atoms with van der Waals surface area (Å²) in [5.41, 5.74) is -0.697. The molecule has 0 amide bonds. The molecule has 27 heavy (non-hydrogen) atoms. The first-order valence-corrected chi connectivity index (χ1v) is 11.1. The summed E-state index contributed by atoms with van der Waals surface area (Å²) in [7, 11) is 0. The third kappa shape index (κ3) is 2.78. The van der Waals surface area contributed by atoms with E-state index in [1.54, 1.807) is 0 Å². The monoisotopic (exact) mass is 372 g/mol. The molecule has 4 aliphatic carbocycles. The lowest BCUT2D eigenvalue weighted by molar-refractivity contribution is -0.189. The maximum Gasteiger partial charge on any atom is 0.302 e. The standard InChI is InChI=1S/C24H36O3/c1-5-24(26)12-6-7-21-19-9-8-17-15-18(27-16(2)25)10-13-22(17,3)20(19)11-14-23(21,24)4/h1,17-21,26H,6-15H2,2-4H3/t17-,18+,19+,20-,21?,22-,23-,24?/m0/s1. The smallest absolute Gasteiger partial charge is 0.302 e. The normalized spacial score (nSPS) is 51.9. The Labute approximate surface area is 164 Å². The molecule has 8 atom stereocenters. The molecule has 0 heterocycles. The summed E-state index contributed by atoms with van der Waals surface area (Å²) < 4.78 is 5.57. The van der Waals surface area contributed by atoms with Crippen LogP contribution >= 0.6 is 0 Å². The molecular formula is C24H36O3. The Morgan fingerprint density at radius 1 is 1.07 bits per heavy atom. The number of terminal acetylenes is 1. The largest absolute Gasteiger partial charge is 0.463 e. The Bertz CT molecular complexity index is 651. The van der Waals surface area contributed by atoms with E-state index in [2.05, 4.69) is 19.8 Å². The van der Waals surface area contributed by atoms with Gasteiger partial charge < -0.3 is 9.84 Å². The van der Waals surface area contributed by atoms with Crippen LogP contribution < -0.4 is 0 Å². The topological polar surface area (TPSA) is 46.5 Å². The van der Waals surface area contributed by atoms with Crippen LogP contribution in [0.5, 0.6) is 0 Å². The van der Waals surface area contributed by atoms with Crippen LogP contribution in [0.2, 0.25) is 0 Å². The lowest BCUT2D eigenvalue weighted by atomic mass is 9.41. The first-order valence-electron chi connectivity index (χ1n) is 11.1. The maximum absolute atomic E-state index is 11.4. The summed E-state index contributed by atoms with van der Waals surface area (Å²) in [4.78, 5) is 11.4. The highest BCUT2D eigenvalue weighted by atomic mass is 16.5. The van der Waals surface area contributed by atoms with Gasteiger partial charge >= 0.3 is 5.97 Å². The van der Waals surface area contributed by atoms with E-state index >= 15 is 0 Å². The highest BCUT2D eigenvalue weighted by Crippen LogP contribution is 2.67. The molecule has 2 unspecified atom stereocenters. The number of ether oxygens (including phenoxy) is 1. The number of aliphatic hydroxyl groups is 1. The van der Waals surface area contributed by atoms with Gasteiger partial charge in [-0.1, -0.05) is 19.8 Å². The second kappa shape index (κ2) is 6.51. The number of carbonyl (C=O) groups excluding carboxylic acids is 1. The fourth-order valence-corrected chi connectivity index (χ4v) is 8.03. The van der Waals surface area contributed by atoms with Crippen molar-refractivity contribution >= 4 is 5.97 Å². The summed E-state index contributed by atoms with van der Waals surface area (Å²) in [5, 5.41) is 11.3. The molecule has 0 radical (unpaired) electrons. The van der Waals surface area contributed by atoms with E-state index in [0.717, 1.165) is 38.0 Å². The van der Waals surface area contributed by atoms with E-state index in [0.29, 0.717) is 23.2 Å². The molecule has 0 bridgehead atoms. The van der Waals surface area contributed by atoms with Crippen molar-refractivity contribution in [3.63, 3.8) is 0 Å². The van der Waals surface area contributed by atoms with Gasteiger partial charge in [0.1, 0.15) is 11.7 Å². The van der Waals surface area contributed by atoms with Crippen LogP contribution in [0.25, 0.3) is 0 Å². The van der Waals surface area contributed by atoms with Crippen molar-refractivity contribution in [3.05, 3.63) is 0 Å². The Kier molecular flexibility index (Phi) is 4.66. The summed E-state index contributed by atoms with van der Waals surface area (Å²) >= 11 is 0. The zero-order valence-electron chi connectivity index (χ0n) is 17.3. The number of fused-ring (bicyclic) bond motifs is 5. The van der Waals surface area contributed by atoms with Gasteiger partial charge in [0.15, 0.2) is 0 Å². The van der Waals surface area contributed by atoms with Crippen LogP contribution in [-0.2, 0) is 9.53 Å². The first kappa shape index (κ1) is 19.3. The average molecular weight is 373 g/mol. The number of carbonyl (C=O) groups is 1. The summed E-state index contributed by atoms with van der Waals surface area (Å²) in [6.45, 7) is 6.32. The summed E-state index contributed by atoms with van der Waals surface area (Å²) in [6.07, 6.45) is 16.9. The van der Waals surface area contributed by atoms with E-state index in [-0.39, 0.29) is 17.5 Å². The third-order valence-corrected chi connectivity index (χ3v) is 9.58. The molecule has 0 aromatic rings. The lowest BCUT2D eigenvalue weighted by Gasteiger charge is -2.64. The second-order valence-corrected chi connectivity index (χ2v) is 10.5. The Hall–Kier alpha value is -1.01. The van der Waals surface area contributed by atoms with Crippen molar-refractivity contribution in [1.29, 1.82) is 0 Å². The molecule has 0 aliphatic heterocycles. The van der Waals surface area contributed by atoms with Crippen LogP contribution in [0.1, 0.15) is 85.0 Å². The molecule has 4 aliphatic rings. The number of rotatable bonds is 1. The van der Waals surface area contributed by atoms with E-state index < -0.39 is 5.60 Å². The minimum absolute atomic E-state index is 0.118. The van der Waals surface area contributed by atoms with E-state index in [4.69, 9.17) is 11.2 Å². The highest BCUT2D eigenvalue weighted by molar-refractivity contribution is 5.66.